The quantitative estimate of drug-likeness (QED) is 0.285. The third-order valence-electron chi connectivity index (χ3n) is 4.40. The minimum absolute atomic E-state index is 0.364. The number of halogens is 1. The van der Waals surface area contributed by atoms with Crippen molar-refractivity contribution in [2.75, 3.05) is 17.2 Å². The third kappa shape index (κ3) is 7.01. The second-order valence-electron chi connectivity index (χ2n) is 7.08. The fourth-order valence-electron chi connectivity index (χ4n) is 2.94. The molecule has 0 aliphatic rings. The Balaban J connectivity index is 1.74. The normalized spacial score (nSPS) is 11.2. The highest BCUT2D eigenvalue weighted by Gasteiger charge is 2.09. The first-order valence-electron chi connectivity index (χ1n) is 9.91. The molecule has 3 N–H and O–H groups in total. The summed E-state index contributed by atoms with van der Waals surface area (Å²) < 4.78 is 0. The van der Waals surface area contributed by atoms with Gasteiger partial charge in [-0.15, -0.1) is 0 Å². The summed E-state index contributed by atoms with van der Waals surface area (Å²) in [5, 5.41) is 10.4. The number of thiocarbonyl (C=S) groups is 1. The van der Waals surface area contributed by atoms with E-state index in [0.717, 1.165) is 29.1 Å². The van der Waals surface area contributed by atoms with Crippen LogP contribution in [0, 0.1) is 20.8 Å². The molecule has 2 aromatic carbocycles. The number of guanidine groups is 1. The second kappa shape index (κ2) is 10.8. The largest absolute Gasteiger partial charge is 0.331 e. The minimum Gasteiger partial charge on any atom is -0.331 e. The monoisotopic (exact) mass is 452 g/mol. The molecule has 0 atom stereocenters. The van der Waals surface area contributed by atoms with Gasteiger partial charge in [-0.2, -0.15) is 0 Å². The molecule has 0 amide bonds. The Bertz CT molecular complexity index is 1060. The maximum atomic E-state index is 6.37. The fourth-order valence-corrected chi connectivity index (χ4v) is 3.32. The number of aliphatic imine (C=N–C) groups is 1. The highest BCUT2D eigenvalue weighted by atomic mass is 35.5. The van der Waals surface area contributed by atoms with Crippen molar-refractivity contribution in [3.63, 3.8) is 0 Å². The number of nitrogens with one attached hydrogen (secondary N) is 3. The summed E-state index contributed by atoms with van der Waals surface area (Å²) in [4.78, 5) is 13.5. The Labute approximate surface area is 193 Å². The van der Waals surface area contributed by atoms with Crippen LogP contribution in [0.3, 0.4) is 0 Å². The number of nitrogens with zero attached hydrogens (tertiary/aromatic N) is 3. The highest BCUT2D eigenvalue weighted by Crippen LogP contribution is 2.24. The molecular weight excluding hydrogens is 428 g/mol. The molecule has 0 aliphatic heterocycles. The predicted molar refractivity (Wildman–Crippen MR) is 133 cm³/mol. The predicted octanol–water partition coefficient (Wildman–Crippen LogP) is 5.05. The summed E-state index contributed by atoms with van der Waals surface area (Å²) in [6.45, 7) is 6.36. The smallest absolute Gasteiger partial charge is 0.229 e. The first-order valence-corrected chi connectivity index (χ1v) is 10.7. The van der Waals surface area contributed by atoms with Crippen molar-refractivity contribution in [2.24, 2.45) is 4.99 Å². The summed E-state index contributed by atoms with van der Waals surface area (Å²) in [5.41, 5.74) is 4.63. The molecule has 3 aromatic rings. The number of hydrogen-bond donors (Lipinski definition) is 3. The SMILES string of the molecule is Cc1cc(C)nc(NC(=NCCc2ccccc2)NC(=S)Nc2cccc(C)c2Cl)n1. The summed E-state index contributed by atoms with van der Waals surface area (Å²) in [5.74, 6) is 0.919. The summed E-state index contributed by atoms with van der Waals surface area (Å²) in [7, 11) is 0. The van der Waals surface area contributed by atoms with E-state index < -0.39 is 0 Å². The third-order valence-corrected chi connectivity index (χ3v) is 5.10. The molecule has 0 spiro atoms. The van der Waals surface area contributed by atoms with Gasteiger partial charge in [0, 0.05) is 17.9 Å². The number of hydrogen-bond acceptors (Lipinski definition) is 4. The lowest BCUT2D eigenvalue weighted by Crippen LogP contribution is -2.39. The van der Waals surface area contributed by atoms with Crippen LogP contribution >= 0.6 is 23.8 Å². The molecule has 0 fully saturated rings. The van der Waals surface area contributed by atoms with E-state index in [1.54, 1.807) is 0 Å². The Morgan fingerprint density at radius 3 is 2.39 bits per heavy atom. The summed E-state index contributed by atoms with van der Waals surface area (Å²) in [6, 6.07) is 17.8. The lowest BCUT2D eigenvalue weighted by atomic mass is 10.2. The molecule has 0 radical (unpaired) electrons. The Morgan fingerprint density at radius 1 is 0.968 bits per heavy atom. The van der Waals surface area contributed by atoms with E-state index in [9.17, 15) is 0 Å². The van der Waals surface area contributed by atoms with E-state index in [2.05, 4.69) is 43.0 Å². The molecule has 160 valence electrons. The van der Waals surface area contributed by atoms with E-state index >= 15 is 0 Å². The molecule has 1 heterocycles. The first-order chi connectivity index (χ1) is 14.9. The van der Waals surface area contributed by atoms with Crippen LogP contribution in [-0.4, -0.2) is 27.6 Å². The second-order valence-corrected chi connectivity index (χ2v) is 7.87. The van der Waals surface area contributed by atoms with Gasteiger partial charge in [-0.05, 0) is 62.7 Å². The number of rotatable bonds is 5. The standard InChI is InChI=1S/C23H25ClN6S/c1-15-8-7-11-19(20(15)24)28-23(31)30-21(25-13-12-18-9-5-4-6-10-18)29-22-26-16(2)14-17(3)27-22/h4-11,14H,12-13H2,1-3H3,(H3,25,26,27,28,29,30,31). The van der Waals surface area contributed by atoms with Gasteiger partial charge in [0.15, 0.2) is 5.11 Å². The molecule has 8 heteroatoms. The number of anilines is 2. The molecule has 6 nitrogen and oxygen atoms in total. The first kappa shape index (κ1) is 22.7. The Kier molecular flexibility index (Phi) is 7.92. The van der Waals surface area contributed by atoms with Crippen molar-refractivity contribution in [1.29, 1.82) is 0 Å². The van der Waals surface area contributed by atoms with Crippen LogP contribution in [0.25, 0.3) is 0 Å². The van der Waals surface area contributed by atoms with Gasteiger partial charge in [0.25, 0.3) is 0 Å². The van der Waals surface area contributed by atoms with Crippen LogP contribution in [0.15, 0.2) is 59.6 Å². The van der Waals surface area contributed by atoms with Crippen molar-refractivity contribution in [3.8, 4) is 0 Å². The Hall–Kier alpha value is -3.03. The van der Waals surface area contributed by atoms with Gasteiger partial charge in [0.05, 0.1) is 10.7 Å². The summed E-state index contributed by atoms with van der Waals surface area (Å²) >= 11 is 11.9. The van der Waals surface area contributed by atoms with Gasteiger partial charge in [-0.3, -0.25) is 10.3 Å². The maximum absolute atomic E-state index is 6.37. The summed E-state index contributed by atoms with van der Waals surface area (Å²) in [6.07, 6.45) is 0.797. The van der Waals surface area contributed by atoms with Crippen molar-refractivity contribution < 1.29 is 0 Å². The topological polar surface area (TPSA) is 74.2 Å². The molecular formula is C23H25ClN6S. The van der Waals surface area contributed by atoms with E-state index in [1.165, 1.54) is 5.56 Å². The fraction of sp³-hybridized carbons (Fsp3) is 0.217. The van der Waals surface area contributed by atoms with Gasteiger partial charge in [0.2, 0.25) is 11.9 Å². The average molecular weight is 453 g/mol. The zero-order valence-electron chi connectivity index (χ0n) is 17.7. The molecule has 3 rings (SSSR count). The highest BCUT2D eigenvalue weighted by molar-refractivity contribution is 7.80. The Morgan fingerprint density at radius 2 is 1.68 bits per heavy atom. The van der Waals surface area contributed by atoms with Crippen molar-refractivity contribution in [2.45, 2.75) is 27.2 Å². The van der Waals surface area contributed by atoms with Crippen LogP contribution in [0.2, 0.25) is 5.02 Å². The van der Waals surface area contributed by atoms with Crippen molar-refractivity contribution in [1.82, 2.24) is 15.3 Å². The van der Waals surface area contributed by atoms with E-state index in [-0.39, 0.29) is 0 Å². The lowest BCUT2D eigenvalue weighted by Gasteiger charge is -2.15. The molecule has 1 aromatic heterocycles. The minimum atomic E-state index is 0.364. The number of aromatic nitrogens is 2. The maximum Gasteiger partial charge on any atom is 0.229 e. The van der Waals surface area contributed by atoms with Crippen LogP contribution < -0.4 is 16.0 Å². The lowest BCUT2D eigenvalue weighted by molar-refractivity contribution is 0.956. The molecule has 0 saturated carbocycles. The van der Waals surface area contributed by atoms with Gasteiger partial charge >= 0.3 is 0 Å². The number of aryl methyl sites for hydroxylation is 3. The van der Waals surface area contributed by atoms with Crippen LogP contribution in [-0.2, 0) is 6.42 Å². The molecule has 0 saturated heterocycles. The van der Waals surface area contributed by atoms with Gasteiger partial charge < -0.3 is 10.6 Å². The van der Waals surface area contributed by atoms with E-state index in [0.29, 0.717) is 28.6 Å². The van der Waals surface area contributed by atoms with Crippen molar-refractivity contribution >= 4 is 46.5 Å². The van der Waals surface area contributed by atoms with Crippen molar-refractivity contribution in [3.05, 3.63) is 82.1 Å². The van der Waals surface area contributed by atoms with Crippen LogP contribution in [0.1, 0.15) is 22.5 Å². The van der Waals surface area contributed by atoms with Gasteiger partial charge in [-0.25, -0.2) is 9.97 Å². The van der Waals surface area contributed by atoms with Gasteiger partial charge in [0.1, 0.15) is 0 Å². The zero-order valence-corrected chi connectivity index (χ0v) is 19.3. The van der Waals surface area contributed by atoms with Crippen LogP contribution in [0.5, 0.6) is 0 Å². The molecule has 0 bridgehead atoms. The average Bonchev–Trinajstić information content (AvgIpc) is 2.71. The number of benzene rings is 2. The molecule has 0 aliphatic carbocycles. The molecule has 0 unspecified atom stereocenters. The zero-order chi connectivity index (χ0) is 22.2. The van der Waals surface area contributed by atoms with E-state index in [1.807, 2.05) is 63.2 Å². The van der Waals surface area contributed by atoms with Gasteiger partial charge in [-0.1, -0.05) is 54.1 Å². The van der Waals surface area contributed by atoms with E-state index in [4.69, 9.17) is 23.8 Å². The molecule has 31 heavy (non-hydrogen) atoms. The van der Waals surface area contributed by atoms with Crippen LogP contribution in [0.4, 0.5) is 11.6 Å².